The first-order chi connectivity index (χ1) is 13.5. The maximum Gasteiger partial charge on any atom is 0.344 e. The summed E-state index contributed by atoms with van der Waals surface area (Å²) in [6, 6.07) is 13.7. The van der Waals surface area contributed by atoms with Gasteiger partial charge in [-0.2, -0.15) is 0 Å². The van der Waals surface area contributed by atoms with Gasteiger partial charge < -0.3 is 13.9 Å². The molecule has 1 heterocycles. The van der Waals surface area contributed by atoms with Gasteiger partial charge in [-0.15, -0.1) is 0 Å². The van der Waals surface area contributed by atoms with Crippen LogP contribution in [0.2, 0.25) is 0 Å². The zero-order valence-corrected chi connectivity index (χ0v) is 16.4. The molecule has 0 saturated heterocycles. The minimum Gasteiger partial charge on any atom is -0.481 e. The standard InChI is InChI=1S/C23H24O5/c1-4-26-21(24)14-27-19-12-15(2)13-20-22(19)16(3)18(23(25)28-20)11-10-17-8-6-5-7-9-17/h5-9,12-13H,4,10-11,14H2,1-3H3. The van der Waals surface area contributed by atoms with E-state index in [1.165, 1.54) is 0 Å². The number of carbonyl (C=O) groups is 1. The lowest BCUT2D eigenvalue weighted by Crippen LogP contribution is -2.16. The van der Waals surface area contributed by atoms with E-state index >= 15 is 0 Å². The van der Waals surface area contributed by atoms with Crippen molar-refractivity contribution in [1.82, 2.24) is 0 Å². The maximum absolute atomic E-state index is 12.6. The van der Waals surface area contributed by atoms with Crippen LogP contribution in [-0.4, -0.2) is 19.2 Å². The number of aryl methyl sites for hydroxylation is 3. The number of hydrogen-bond acceptors (Lipinski definition) is 5. The molecular formula is C23H24O5. The highest BCUT2D eigenvalue weighted by molar-refractivity contribution is 5.88. The van der Waals surface area contributed by atoms with Crippen LogP contribution in [-0.2, 0) is 22.4 Å². The molecule has 2 aromatic carbocycles. The molecule has 3 rings (SSSR count). The maximum atomic E-state index is 12.6. The van der Waals surface area contributed by atoms with E-state index in [9.17, 15) is 9.59 Å². The molecule has 146 valence electrons. The number of benzene rings is 2. The third-order valence-electron chi connectivity index (χ3n) is 4.64. The van der Waals surface area contributed by atoms with E-state index < -0.39 is 5.97 Å². The lowest BCUT2D eigenvalue weighted by Gasteiger charge is -2.14. The summed E-state index contributed by atoms with van der Waals surface area (Å²) in [6.45, 7) is 5.64. The fourth-order valence-electron chi connectivity index (χ4n) is 3.29. The molecule has 0 N–H and O–H groups in total. The SMILES string of the molecule is CCOC(=O)COc1cc(C)cc2oc(=O)c(CCc3ccccc3)c(C)c12. The van der Waals surface area contributed by atoms with Gasteiger partial charge in [-0.25, -0.2) is 9.59 Å². The van der Waals surface area contributed by atoms with Crippen molar-refractivity contribution in [3.05, 3.63) is 75.1 Å². The predicted octanol–water partition coefficient (Wildman–Crippen LogP) is 4.14. The van der Waals surface area contributed by atoms with Gasteiger partial charge in [0.15, 0.2) is 6.61 Å². The Hall–Kier alpha value is -3.08. The Morgan fingerprint density at radius 3 is 2.54 bits per heavy atom. The molecular weight excluding hydrogens is 356 g/mol. The lowest BCUT2D eigenvalue weighted by molar-refractivity contribution is -0.145. The summed E-state index contributed by atoms with van der Waals surface area (Å²) in [6.07, 6.45) is 1.31. The van der Waals surface area contributed by atoms with Crippen molar-refractivity contribution in [2.24, 2.45) is 0 Å². The van der Waals surface area contributed by atoms with Gasteiger partial charge >= 0.3 is 11.6 Å². The van der Waals surface area contributed by atoms with Crippen molar-refractivity contribution < 1.29 is 18.7 Å². The third-order valence-corrected chi connectivity index (χ3v) is 4.64. The molecule has 5 heteroatoms. The zero-order chi connectivity index (χ0) is 20.1. The first-order valence-corrected chi connectivity index (χ1v) is 9.39. The zero-order valence-electron chi connectivity index (χ0n) is 16.4. The van der Waals surface area contributed by atoms with Gasteiger partial charge in [0.25, 0.3) is 0 Å². The average Bonchev–Trinajstić information content (AvgIpc) is 2.66. The molecule has 0 amide bonds. The van der Waals surface area contributed by atoms with Gasteiger partial charge in [-0.3, -0.25) is 0 Å². The molecule has 3 aromatic rings. The number of carbonyl (C=O) groups excluding carboxylic acids is 1. The second-order valence-corrected chi connectivity index (χ2v) is 6.71. The predicted molar refractivity (Wildman–Crippen MR) is 108 cm³/mol. The fraction of sp³-hybridized carbons (Fsp3) is 0.304. The van der Waals surface area contributed by atoms with Crippen molar-refractivity contribution in [2.75, 3.05) is 13.2 Å². The Balaban J connectivity index is 1.97. The highest BCUT2D eigenvalue weighted by Gasteiger charge is 2.17. The Labute approximate surface area is 163 Å². The van der Waals surface area contributed by atoms with Crippen LogP contribution in [0.4, 0.5) is 0 Å². The van der Waals surface area contributed by atoms with E-state index in [0.29, 0.717) is 29.9 Å². The molecule has 0 unspecified atom stereocenters. The summed E-state index contributed by atoms with van der Waals surface area (Å²) < 4.78 is 16.2. The number of ether oxygens (including phenoxy) is 2. The summed E-state index contributed by atoms with van der Waals surface area (Å²) in [4.78, 5) is 24.2. The highest BCUT2D eigenvalue weighted by Crippen LogP contribution is 2.31. The molecule has 0 bridgehead atoms. The Morgan fingerprint density at radius 2 is 1.82 bits per heavy atom. The van der Waals surface area contributed by atoms with Crippen LogP contribution in [0.3, 0.4) is 0 Å². The third kappa shape index (κ3) is 4.42. The first-order valence-electron chi connectivity index (χ1n) is 9.39. The van der Waals surface area contributed by atoms with Crippen LogP contribution in [0.5, 0.6) is 5.75 Å². The van der Waals surface area contributed by atoms with Gasteiger partial charge in [-0.05, 0) is 62.4 Å². The average molecular weight is 380 g/mol. The van der Waals surface area contributed by atoms with Gasteiger partial charge in [0.2, 0.25) is 0 Å². The summed E-state index contributed by atoms with van der Waals surface area (Å²) in [5.74, 6) is 0.0850. The van der Waals surface area contributed by atoms with Crippen molar-refractivity contribution in [3.8, 4) is 5.75 Å². The molecule has 0 spiro atoms. The summed E-state index contributed by atoms with van der Waals surface area (Å²) in [7, 11) is 0. The van der Waals surface area contributed by atoms with Crippen LogP contribution < -0.4 is 10.4 Å². The van der Waals surface area contributed by atoms with Gasteiger partial charge in [-0.1, -0.05) is 30.3 Å². The van der Waals surface area contributed by atoms with Crippen molar-refractivity contribution >= 4 is 16.9 Å². The van der Waals surface area contributed by atoms with Crippen LogP contribution in [0.15, 0.2) is 51.7 Å². The Bertz CT molecular complexity index is 1030. The van der Waals surface area contributed by atoms with Crippen LogP contribution in [0.1, 0.15) is 29.2 Å². The van der Waals surface area contributed by atoms with Crippen molar-refractivity contribution in [1.29, 1.82) is 0 Å². The van der Waals surface area contributed by atoms with E-state index in [0.717, 1.165) is 28.5 Å². The van der Waals surface area contributed by atoms with E-state index in [1.807, 2.05) is 56.3 Å². The molecule has 0 aliphatic carbocycles. The minimum atomic E-state index is -0.434. The smallest absolute Gasteiger partial charge is 0.344 e. The number of hydrogen-bond donors (Lipinski definition) is 0. The van der Waals surface area contributed by atoms with Gasteiger partial charge in [0.05, 0.1) is 12.0 Å². The van der Waals surface area contributed by atoms with Crippen molar-refractivity contribution in [2.45, 2.75) is 33.6 Å². The fourth-order valence-corrected chi connectivity index (χ4v) is 3.29. The van der Waals surface area contributed by atoms with Crippen LogP contribution in [0, 0.1) is 13.8 Å². The van der Waals surface area contributed by atoms with E-state index in [-0.39, 0.29) is 12.2 Å². The number of rotatable bonds is 7. The first kappa shape index (κ1) is 19.7. The summed E-state index contributed by atoms with van der Waals surface area (Å²) >= 11 is 0. The number of esters is 1. The number of fused-ring (bicyclic) bond motifs is 1. The van der Waals surface area contributed by atoms with Crippen LogP contribution >= 0.6 is 0 Å². The lowest BCUT2D eigenvalue weighted by atomic mass is 9.98. The normalized spacial score (nSPS) is 10.8. The quantitative estimate of drug-likeness (QED) is 0.455. The second-order valence-electron chi connectivity index (χ2n) is 6.71. The molecule has 0 radical (unpaired) electrons. The van der Waals surface area contributed by atoms with E-state index in [2.05, 4.69) is 0 Å². The van der Waals surface area contributed by atoms with Crippen molar-refractivity contribution in [3.63, 3.8) is 0 Å². The molecule has 1 aromatic heterocycles. The molecule has 5 nitrogen and oxygen atoms in total. The topological polar surface area (TPSA) is 65.7 Å². The molecule has 28 heavy (non-hydrogen) atoms. The monoisotopic (exact) mass is 380 g/mol. The molecule has 0 aliphatic rings. The van der Waals surface area contributed by atoms with E-state index in [4.69, 9.17) is 13.9 Å². The molecule has 0 fully saturated rings. The Kier molecular flexibility index (Phi) is 6.14. The molecule has 0 atom stereocenters. The van der Waals surface area contributed by atoms with Gasteiger partial charge in [0, 0.05) is 5.56 Å². The van der Waals surface area contributed by atoms with Gasteiger partial charge in [0.1, 0.15) is 11.3 Å². The van der Waals surface area contributed by atoms with E-state index in [1.54, 1.807) is 6.92 Å². The minimum absolute atomic E-state index is 0.190. The largest absolute Gasteiger partial charge is 0.481 e. The molecule has 0 saturated carbocycles. The van der Waals surface area contributed by atoms with Crippen LogP contribution in [0.25, 0.3) is 11.0 Å². The summed E-state index contributed by atoms with van der Waals surface area (Å²) in [5.41, 5.74) is 3.62. The highest BCUT2D eigenvalue weighted by atomic mass is 16.6. The molecule has 0 aliphatic heterocycles. The Morgan fingerprint density at radius 1 is 1.07 bits per heavy atom. The summed E-state index contributed by atoms with van der Waals surface area (Å²) in [5, 5.41) is 0.720. The second kappa shape index (κ2) is 8.74.